The molecule has 0 unspecified atom stereocenters. The van der Waals surface area contributed by atoms with Crippen molar-refractivity contribution in [2.75, 3.05) is 20.2 Å². The van der Waals surface area contributed by atoms with E-state index in [1.165, 1.54) is 19.2 Å². The van der Waals surface area contributed by atoms with Gasteiger partial charge in [-0.1, -0.05) is 24.3 Å². The minimum atomic E-state index is -3.59. The molecule has 0 aliphatic rings. The average molecular weight is 348 g/mol. The Labute approximate surface area is 141 Å². The normalized spacial score (nSPS) is 11.1. The number of sulfonamides is 1. The smallest absolute Gasteiger partial charge is 0.251 e. The van der Waals surface area contributed by atoms with Gasteiger partial charge in [-0.05, 0) is 43.8 Å². The van der Waals surface area contributed by atoms with Crippen LogP contribution in [0.1, 0.15) is 15.9 Å². The SMILES string of the molecule is CNS(=O)(=O)c1ccc(C)c(C(=O)NCCOc2ccccc2)c1. The summed E-state index contributed by atoms with van der Waals surface area (Å²) in [6.07, 6.45) is 0. The Hall–Kier alpha value is -2.38. The molecule has 0 saturated carbocycles. The topological polar surface area (TPSA) is 84.5 Å². The third-order valence-electron chi connectivity index (χ3n) is 3.43. The Kier molecular flexibility index (Phi) is 5.94. The van der Waals surface area contributed by atoms with Crippen LogP contribution in [0.3, 0.4) is 0 Å². The van der Waals surface area contributed by atoms with E-state index in [-0.39, 0.29) is 10.8 Å². The van der Waals surface area contributed by atoms with Crippen LogP contribution in [-0.2, 0) is 10.0 Å². The number of hydrogen-bond acceptors (Lipinski definition) is 4. The summed E-state index contributed by atoms with van der Waals surface area (Å²) in [5, 5.41) is 2.73. The van der Waals surface area contributed by atoms with Crippen LogP contribution in [0.5, 0.6) is 5.75 Å². The summed E-state index contributed by atoms with van der Waals surface area (Å²) in [5.74, 6) is 0.391. The number of para-hydroxylation sites is 1. The van der Waals surface area contributed by atoms with Crippen LogP contribution >= 0.6 is 0 Å². The summed E-state index contributed by atoms with van der Waals surface area (Å²) < 4.78 is 31.4. The van der Waals surface area contributed by atoms with Crippen molar-refractivity contribution in [1.29, 1.82) is 0 Å². The Balaban J connectivity index is 1.98. The molecule has 0 aliphatic carbocycles. The fourth-order valence-electron chi connectivity index (χ4n) is 2.08. The summed E-state index contributed by atoms with van der Waals surface area (Å²) in [4.78, 5) is 12.3. The van der Waals surface area contributed by atoms with Gasteiger partial charge in [0, 0.05) is 5.56 Å². The third-order valence-corrected chi connectivity index (χ3v) is 4.84. The molecule has 7 heteroatoms. The fourth-order valence-corrected chi connectivity index (χ4v) is 2.83. The van der Waals surface area contributed by atoms with Gasteiger partial charge in [-0.25, -0.2) is 13.1 Å². The van der Waals surface area contributed by atoms with Gasteiger partial charge in [0.15, 0.2) is 0 Å². The zero-order chi connectivity index (χ0) is 17.6. The predicted octanol–water partition coefficient (Wildman–Crippen LogP) is 1.71. The van der Waals surface area contributed by atoms with Crippen LogP contribution in [0.2, 0.25) is 0 Å². The van der Waals surface area contributed by atoms with E-state index in [0.29, 0.717) is 24.3 Å². The Morgan fingerprint density at radius 3 is 2.50 bits per heavy atom. The van der Waals surface area contributed by atoms with Gasteiger partial charge < -0.3 is 10.1 Å². The molecule has 0 bridgehead atoms. The molecule has 0 aliphatic heterocycles. The lowest BCUT2D eigenvalue weighted by Crippen LogP contribution is -2.29. The van der Waals surface area contributed by atoms with Crippen molar-refractivity contribution in [3.63, 3.8) is 0 Å². The van der Waals surface area contributed by atoms with E-state index in [0.717, 1.165) is 5.75 Å². The van der Waals surface area contributed by atoms with Crippen molar-refractivity contribution in [3.8, 4) is 5.75 Å². The van der Waals surface area contributed by atoms with Gasteiger partial charge in [-0.15, -0.1) is 0 Å². The lowest BCUT2D eigenvalue weighted by atomic mass is 10.1. The van der Waals surface area contributed by atoms with Crippen molar-refractivity contribution in [2.24, 2.45) is 0 Å². The van der Waals surface area contributed by atoms with Gasteiger partial charge in [0.2, 0.25) is 10.0 Å². The first-order valence-corrected chi connectivity index (χ1v) is 8.92. The number of nitrogens with one attached hydrogen (secondary N) is 2. The summed E-state index contributed by atoms with van der Waals surface area (Å²) in [6.45, 7) is 2.39. The molecule has 2 N–H and O–H groups in total. The molecule has 0 fully saturated rings. The largest absolute Gasteiger partial charge is 0.492 e. The Morgan fingerprint density at radius 2 is 1.83 bits per heavy atom. The first-order valence-electron chi connectivity index (χ1n) is 7.44. The summed E-state index contributed by atoms with van der Waals surface area (Å²) in [7, 11) is -2.26. The van der Waals surface area contributed by atoms with E-state index in [1.807, 2.05) is 30.3 Å². The molecular weight excluding hydrogens is 328 g/mol. The van der Waals surface area contributed by atoms with Gasteiger partial charge in [-0.3, -0.25) is 4.79 Å². The Bertz CT molecular complexity index is 805. The number of amides is 1. The van der Waals surface area contributed by atoms with Crippen molar-refractivity contribution in [1.82, 2.24) is 10.0 Å². The van der Waals surface area contributed by atoms with Crippen LogP contribution in [-0.4, -0.2) is 34.5 Å². The van der Waals surface area contributed by atoms with Crippen molar-refractivity contribution in [2.45, 2.75) is 11.8 Å². The van der Waals surface area contributed by atoms with E-state index >= 15 is 0 Å². The van der Waals surface area contributed by atoms with E-state index in [2.05, 4.69) is 10.0 Å². The molecular formula is C17H20N2O4S. The molecule has 0 radical (unpaired) electrons. The van der Waals surface area contributed by atoms with Crippen LogP contribution in [0, 0.1) is 6.92 Å². The molecule has 0 atom stereocenters. The van der Waals surface area contributed by atoms with E-state index in [9.17, 15) is 13.2 Å². The predicted molar refractivity (Wildman–Crippen MR) is 91.7 cm³/mol. The number of ether oxygens (including phenoxy) is 1. The standard InChI is InChI=1S/C17H20N2O4S/c1-13-8-9-15(24(21,22)18-2)12-16(13)17(20)19-10-11-23-14-6-4-3-5-7-14/h3-9,12,18H,10-11H2,1-2H3,(H,19,20). The highest BCUT2D eigenvalue weighted by Gasteiger charge is 2.16. The maximum Gasteiger partial charge on any atom is 0.251 e. The van der Waals surface area contributed by atoms with E-state index in [1.54, 1.807) is 13.0 Å². The van der Waals surface area contributed by atoms with Gasteiger partial charge in [0.25, 0.3) is 5.91 Å². The highest BCUT2D eigenvalue weighted by Crippen LogP contribution is 2.15. The van der Waals surface area contributed by atoms with Crippen LogP contribution < -0.4 is 14.8 Å². The molecule has 2 aromatic rings. The summed E-state index contributed by atoms with van der Waals surface area (Å²) in [6, 6.07) is 13.7. The first kappa shape index (κ1) is 18.0. The number of carbonyl (C=O) groups is 1. The van der Waals surface area contributed by atoms with E-state index in [4.69, 9.17) is 4.74 Å². The van der Waals surface area contributed by atoms with Gasteiger partial charge >= 0.3 is 0 Å². The first-order chi connectivity index (χ1) is 11.4. The molecule has 0 heterocycles. The molecule has 0 aromatic heterocycles. The molecule has 2 rings (SSSR count). The maximum atomic E-state index is 12.3. The highest BCUT2D eigenvalue weighted by atomic mass is 32.2. The zero-order valence-corrected chi connectivity index (χ0v) is 14.4. The monoisotopic (exact) mass is 348 g/mol. The second-order valence-corrected chi connectivity index (χ2v) is 6.99. The minimum absolute atomic E-state index is 0.0567. The molecule has 24 heavy (non-hydrogen) atoms. The van der Waals surface area contributed by atoms with Crippen LogP contribution in [0.4, 0.5) is 0 Å². The van der Waals surface area contributed by atoms with Gasteiger partial charge in [0.1, 0.15) is 12.4 Å². The fraction of sp³-hybridized carbons (Fsp3) is 0.235. The quantitative estimate of drug-likeness (QED) is 0.746. The summed E-state index contributed by atoms with van der Waals surface area (Å²) >= 11 is 0. The number of aryl methyl sites for hydroxylation is 1. The zero-order valence-electron chi connectivity index (χ0n) is 13.6. The van der Waals surface area contributed by atoms with Crippen molar-refractivity contribution in [3.05, 3.63) is 59.7 Å². The maximum absolute atomic E-state index is 12.3. The second kappa shape index (κ2) is 7.94. The molecule has 128 valence electrons. The summed E-state index contributed by atoms with van der Waals surface area (Å²) in [5.41, 5.74) is 1.03. The third kappa shape index (κ3) is 4.56. The molecule has 0 saturated heterocycles. The molecule has 6 nitrogen and oxygen atoms in total. The van der Waals surface area contributed by atoms with E-state index < -0.39 is 10.0 Å². The highest BCUT2D eigenvalue weighted by molar-refractivity contribution is 7.89. The lowest BCUT2D eigenvalue weighted by molar-refractivity contribution is 0.0946. The number of benzene rings is 2. The van der Waals surface area contributed by atoms with Gasteiger partial charge in [0.05, 0.1) is 11.4 Å². The molecule has 1 amide bonds. The second-order valence-electron chi connectivity index (χ2n) is 5.10. The van der Waals surface area contributed by atoms with Crippen LogP contribution in [0.25, 0.3) is 0 Å². The van der Waals surface area contributed by atoms with Crippen LogP contribution in [0.15, 0.2) is 53.4 Å². The van der Waals surface area contributed by atoms with Crippen molar-refractivity contribution < 1.29 is 17.9 Å². The van der Waals surface area contributed by atoms with Gasteiger partial charge in [-0.2, -0.15) is 0 Å². The number of rotatable bonds is 7. The number of carbonyl (C=O) groups excluding carboxylic acids is 1. The average Bonchev–Trinajstić information content (AvgIpc) is 2.59. The Morgan fingerprint density at radius 1 is 1.12 bits per heavy atom. The minimum Gasteiger partial charge on any atom is -0.492 e. The molecule has 2 aromatic carbocycles. The van der Waals surface area contributed by atoms with Crippen molar-refractivity contribution >= 4 is 15.9 Å². The lowest BCUT2D eigenvalue weighted by Gasteiger charge is -2.11. The number of hydrogen-bond donors (Lipinski definition) is 2. The molecule has 0 spiro atoms.